The van der Waals surface area contributed by atoms with Crippen molar-refractivity contribution in [2.24, 2.45) is 0 Å². The molecule has 50 valence electrons. The van der Waals surface area contributed by atoms with Crippen molar-refractivity contribution in [3.63, 3.8) is 0 Å². The molecule has 2 saturated carbocycles. The van der Waals surface area contributed by atoms with Crippen molar-refractivity contribution in [3.8, 4) is 0 Å². The van der Waals surface area contributed by atoms with Gasteiger partial charge in [0, 0.05) is 0 Å². The number of allylic oxidation sites excluding steroid dienone is 1. The Morgan fingerprint density at radius 3 is 2.11 bits per heavy atom. The molecule has 0 radical (unpaired) electrons. The number of rotatable bonds is 0. The van der Waals surface area contributed by atoms with E-state index < -0.39 is 0 Å². The smallest absolute Gasteiger partial charge is 0.0755 e. The van der Waals surface area contributed by atoms with Crippen molar-refractivity contribution >= 4 is 0 Å². The lowest BCUT2D eigenvalue weighted by Crippen LogP contribution is -2.24. The summed E-state index contributed by atoms with van der Waals surface area (Å²) in [6, 6.07) is 0. The van der Waals surface area contributed by atoms with E-state index >= 15 is 0 Å². The SMILES string of the molecule is O[C@H]1CCC1=C1CCC1. The summed E-state index contributed by atoms with van der Waals surface area (Å²) >= 11 is 0. The van der Waals surface area contributed by atoms with Gasteiger partial charge in [-0.2, -0.15) is 0 Å². The van der Waals surface area contributed by atoms with E-state index in [4.69, 9.17) is 0 Å². The molecule has 1 heteroatoms. The van der Waals surface area contributed by atoms with E-state index in [-0.39, 0.29) is 6.10 Å². The molecular weight excluding hydrogens is 112 g/mol. The normalized spacial score (nSPS) is 33.7. The second-order valence-corrected chi connectivity index (χ2v) is 3.04. The van der Waals surface area contributed by atoms with Crippen molar-refractivity contribution in [3.05, 3.63) is 11.1 Å². The fourth-order valence-corrected chi connectivity index (χ4v) is 1.50. The molecule has 0 heterocycles. The Bertz CT molecular complexity index is 152. The Hall–Kier alpha value is -0.300. The lowest BCUT2D eigenvalue weighted by atomic mass is 9.77. The van der Waals surface area contributed by atoms with E-state index in [0.717, 1.165) is 6.42 Å². The van der Waals surface area contributed by atoms with E-state index in [9.17, 15) is 5.11 Å². The maximum Gasteiger partial charge on any atom is 0.0755 e. The summed E-state index contributed by atoms with van der Waals surface area (Å²) in [5, 5.41) is 9.19. The van der Waals surface area contributed by atoms with Crippen LogP contribution < -0.4 is 0 Å². The van der Waals surface area contributed by atoms with Crippen molar-refractivity contribution in [2.75, 3.05) is 0 Å². The van der Waals surface area contributed by atoms with Gasteiger partial charge in [0.05, 0.1) is 6.10 Å². The summed E-state index contributed by atoms with van der Waals surface area (Å²) in [6.07, 6.45) is 6.04. The zero-order valence-electron chi connectivity index (χ0n) is 5.56. The minimum Gasteiger partial charge on any atom is -0.389 e. The number of aliphatic hydroxyl groups excluding tert-OH is 1. The molecule has 0 spiro atoms. The summed E-state index contributed by atoms with van der Waals surface area (Å²) in [5.41, 5.74) is 2.94. The average molecular weight is 124 g/mol. The molecule has 9 heavy (non-hydrogen) atoms. The largest absolute Gasteiger partial charge is 0.389 e. The summed E-state index contributed by atoms with van der Waals surface area (Å²) < 4.78 is 0. The molecule has 0 aromatic carbocycles. The Balaban J connectivity index is 2.10. The van der Waals surface area contributed by atoms with E-state index in [1.54, 1.807) is 5.57 Å². The molecule has 1 N–H and O–H groups in total. The van der Waals surface area contributed by atoms with Crippen LogP contribution in [0.3, 0.4) is 0 Å². The minimum absolute atomic E-state index is 0.0414. The Morgan fingerprint density at radius 1 is 1.22 bits per heavy atom. The third kappa shape index (κ3) is 0.715. The monoisotopic (exact) mass is 124 g/mol. The highest BCUT2D eigenvalue weighted by Crippen LogP contribution is 2.38. The van der Waals surface area contributed by atoms with E-state index in [1.807, 2.05) is 0 Å². The van der Waals surface area contributed by atoms with Gasteiger partial charge in [0.25, 0.3) is 0 Å². The van der Waals surface area contributed by atoms with Gasteiger partial charge in [-0.25, -0.2) is 0 Å². The van der Waals surface area contributed by atoms with Crippen molar-refractivity contribution in [1.29, 1.82) is 0 Å². The highest BCUT2D eigenvalue weighted by Gasteiger charge is 2.26. The van der Waals surface area contributed by atoms with Gasteiger partial charge in [-0.1, -0.05) is 5.57 Å². The summed E-state index contributed by atoms with van der Waals surface area (Å²) in [7, 11) is 0. The van der Waals surface area contributed by atoms with E-state index in [2.05, 4.69) is 0 Å². The molecule has 0 amide bonds. The molecule has 2 rings (SSSR count). The van der Waals surface area contributed by atoms with Gasteiger partial charge in [0.15, 0.2) is 0 Å². The molecule has 0 bridgehead atoms. The van der Waals surface area contributed by atoms with E-state index in [1.165, 1.54) is 31.3 Å². The molecule has 0 aliphatic heterocycles. The van der Waals surface area contributed by atoms with Crippen molar-refractivity contribution < 1.29 is 5.11 Å². The number of hydrogen-bond donors (Lipinski definition) is 1. The molecule has 1 nitrogen and oxygen atoms in total. The second kappa shape index (κ2) is 1.84. The molecule has 1 atom stereocenters. The third-order valence-electron chi connectivity index (χ3n) is 2.50. The Labute approximate surface area is 55.4 Å². The molecule has 2 fully saturated rings. The van der Waals surface area contributed by atoms with Gasteiger partial charge in [0.2, 0.25) is 0 Å². The first kappa shape index (κ1) is 5.48. The molecular formula is C8H12O. The molecule has 2 aliphatic rings. The van der Waals surface area contributed by atoms with Crippen LogP contribution in [0.25, 0.3) is 0 Å². The van der Waals surface area contributed by atoms with Gasteiger partial charge in [0.1, 0.15) is 0 Å². The maximum absolute atomic E-state index is 9.19. The van der Waals surface area contributed by atoms with Gasteiger partial charge in [-0.05, 0) is 37.7 Å². The lowest BCUT2D eigenvalue weighted by Gasteiger charge is -2.32. The van der Waals surface area contributed by atoms with Crippen LogP contribution in [0.5, 0.6) is 0 Å². The zero-order chi connectivity index (χ0) is 6.27. The van der Waals surface area contributed by atoms with Crippen molar-refractivity contribution in [1.82, 2.24) is 0 Å². The molecule has 0 aromatic heterocycles. The van der Waals surface area contributed by atoms with Crippen LogP contribution in [0.1, 0.15) is 32.1 Å². The quantitative estimate of drug-likeness (QED) is 0.486. The Morgan fingerprint density at radius 2 is 2.00 bits per heavy atom. The van der Waals surface area contributed by atoms with Crippen LogP contribution >= 0.6 is 0 Å². The third-order valence-corrected chi connectivity index (χ3v) is 2.50. The van der Waals surface area contributed by atoms with Gasteiger partial charge in [-0.15, -0.1) is 0 Å². The summed E-state index contributed by atoms with van der Waals surface area (Å²) in [6.45, 7) is 0. The van der Waals surface area contributed by atoms with Gasteiger partial charge < -0.3 is 5.11 Å². The molecule has 2 aliphatic carbocycles. The first-order chi connectivity index (χ1) is 4.38. The van der Waals surface area contributed by atoms with Crippen LogP contribution in [0.15, 0.2) is 11.1 Å². The number of hydrogen-bond acceptors (Lipinski definition) is 1. The van der Waals surface area contributed by atoms with Crippen LogP contribution in [0.4, 0.5) is 0 Å². The average Bonchev–Trinajstić information content (AvgIpc) is 1.74. The minimum atomic E-state index is -0.0414. The highest BCUT2D eigenvalue weighted by atomic mass is 16.3. The van der Waals surface area contributed by atoms with E-state index in [0.29, 0.717) is 0 Å². The van der Waals surface area contributed by atoms with Crippen LogP contribution in [-0.2, 0) is 0 Å². The van der Waals surface area contributed by atoms with Gasteiger partial charge >= 0.3 is 0 Å². The second-order valence-electron chi connectivity index (χ2n) is 3.04. The standard InChI is InChI=1S/C8H12O/c9-8-5-4-7(8)6-2-1-3-6/h8-9H,1-5H2/t8-/m0/s1. The predicted molar refractivity (Wildman–Crippen MR) is 36.1 cm³/mol. The fourth-order valence-electron chi connectivity index (χ4n) is 1.50. The van der Waals surface area contributed by atoms with Crippen LogP contribution in [0, 0.1) is 0 Å². The lowest BCUT2D eigenvalue weighted by molar-refractivity contribution is 0.152. The summed E-state index contributed by atoms with van der Waals surface area (Å²) in [4.78, 5) is 0. The molecule has 0 unspecified atom stereocenters. The zero-order valence-corrected chi connectivity index (χ0v) is 5.56. The molecule has 0 saturated heterocycles. The first-order valence-electron chi connectivity index (χ1n) is 3.77. The van der Waals surface area contributed by atoms with Crippen LogP contribution in [0.2, 0.25) is 0 Å². The Kier molecular flexibility index (Phi) is 1.12. The molecule has 0 aromatic rings. The van der Waals surface area contributed by atoms with Crippen LogP contribution in [-0.4, -0.2) is 11.2 Å². The summed E-state index contributed by atoms with van der Waals surface area (Å²) in [5.74, 6) is 0. The fraction of sp³-hybridized carbons (Fsp3) is 0.750. The predicted octanol–water partition coefficient (Wildman–Crippen LogP) is 1.62. The topological polar surface area (TPSA) is 20.2 Å². The number of aliphatic hydroxyl groups is 1. The van der Waals surface area contributed by atoms with Crippen molar-refractivity contribution in [2.45, 2.75) is 38.2 Å². The first-order valence-corrected chi connectivity index (χ1v) is 3.77. The highest BCUT2D eigenvalue weighted by molar-refractivity contribution is 5.27. The maximum atomic E-state index is 9.19. The van der Waals surface area contributed by atoms with Gasteiger partial charge in [-0.3, -0.25) is 0 Å².